The van der Waals surface area contributed by atoms with Gasteiger partial charge in [0.1, 0.15) is 22.5 Å². The molecule has 1 fully saturated rings. The highest BCUT2D eigenvalue weighted by molar-refractivity contribution is 7.18. The molecule has 2 aromatic heterocycles. The lowest BCUT2D eigenvalue weighted by atomic mass is 9.90. The fourth-order valence-electron chi connectivity index (χ4n) is 3.31. The summed E-state index contributed by atoms with van der Waals surface area (Å²) in [7, 11) is 0. The van der Waals surface area contributed by atoms with E-state index in [2.05, 4.69) is 4.98 Å². The van der Waals surface area contributed by atoms with Crippen molar-refractivity contribution in [1.82, 2.24) is 14.3 Å². The molecular formula is C14H13N3O4S. The number of carbonyl (C=O) groups excluding carboxylic acids is 1. The minimum atomic E-state index is -1.07. The Balaban J connectivity index is 1.90. The average Bonchev–Trinajstić information content (AvgIpc) is 3.08. The molecule has 0 aromatic carbocycles. The molecule has 1 unspecified atom stereocenters. The number of aromatic nitrogens is 2. The van der Waals surface area contributed by atoms with E-state index in [1.807, 2.05) is 13.1 Å². The molecule has 1 amide bonds. The number of imidazole rings is 1. The molecule has 22 heavy (non-hydrogen) atoms. The summed E-state index contributed by atoms with van der Waals surface area (Å²) in [6.45, 7) is 1.79. The van der Waals surface area contributed by atoms with Gasteiger partial charge in [0.15, 0.2) is 0 Å². The maximum Gasteiger partial charge on any atom is 0.352 e. The van der Waals surface area contributed by atoms with Gasteiger partial charge < -0.3 is 15.1 Å². The van der Waals surface area contributed by atoms with Crippen molar-refractivity contribution in [2.75, 3.05) is 0 Å². The molecule has 2 N–H and O–H groups in total. The molecule has 0 radical (unpaired) electrons. The van der Waals surface area contributed by atoms with Crippen LogP contribution in [0, 0.1) is 5.92 Å². The van der Waals surface area contributed by atoms with Crippen molar-refractivity contribution in [2.45, 2.75) is 26.0 Å². The third-order valence-corrected chi connectivity index (χ3v) is 5.60. The second-order valence-corrected chi connectivity index (χ2v) is 6.58. The van der Waals surface area contributed by atoms with Crippen molar-refractivity contribution in [2.24, 2.45) is 5.92 Å². The fourth-order valence-corrected chi connectivity index (χ4v) is 4.52. The summed E-state index contributed by atoms with van der Waals surface area (Å²) in [5.41, 5.74) is 1.36. The quantitative estimate of drug-likeness (QED) is 0.821. The van der Waals surface area contributed by atoms with Crippen LogP contribution >= 0.6 is 11.3 Å². The number of hydrogen-bond donors (Lipinski definition) is 2. The van der Waals surface area contributed by atoms with Crippen LogP contribution in [0.25, 0.3) is 10.4 Å². The summed E-state index contributed by atoms with van der Waals surface area (Å²) >= 11 is 1.39. The van der Waals surface area contributed by atoms with E-state index in [4.69, 9.17) is 0 Å². The lowest BCUT2D eigenvalue weighted by Gasteiger charge is -2.37. The molecule has 0 bridgehead atoms. The van der Waals surface area contributed by atoms with Gasteiger partial charge in [-0.3, -0.25) is 9.20 Å². The van der Waals surface area contributed by atoms with Crippen LogP contribution in [0.1, 0.15) is 23.9 Å². The first kappa shape index (κ1) is 13.5. The van der Waals surface area contributed by atoms with Gasteiger partial charge in [-0.05, 0) is 0 Å². The molecule has 4 rings (SSSR count). The zero-order chi connectivity index (χ0) is 15.6. The Morgan fingerprint density at radius 1 is 1.55 bits per heavy atom. The predicted octanol–water partition coefficient (Wildman–Crippen LogP) is 0.934. The third kappa shape index (κ3) is 1.56. The van der Waals surface area contributed by atoms with Crippen molar-refractivity contribution < 1.29 is 19.8 Å². The summed E-state index contributed by atoms with van der Waals surface area (Å²) in [4.78, 5) is 30.5. The number of aliphatic carboxylic acids is 1. The number of thiazole rings is 1. The second kappa shape index (κ2) is 4.40. The van der Waals surface area contributed by atoms with Crippen molar-refractivity contribution in [3.05, 3.63) is 28.8 Å². The Hall–Kier alpha value is -2.19. The second-order valence-electron chi connectivity index (χ2n) is 5.55. The van der Waals surface area contributed by atoms with E-state index in [0.717, 1.165) is 9.71 Å². The molecule has 0 aliphatic carbocycles. The maximum atomic E-state index is 11.8. The molecule has 4 heterocycles. The van der Waals surface area contributed by atoms with Gasteiger partial charge in [0.25, 0.3) is 0 Å². The third-order valence-electron chi connectivity index (χ3n) is 4.41. The molecule has 2 aliphatic rings. The lowest BCUT2D eigenvalue weighted by Crippen LogP contribution is -2.51. The summed E-state index contributed by atoms with van der Waals surface area (Å²) in [6.07, 6.45) is 3.81. The van der Waals surface area contributed by atoms with Crippen LogP contribution in [0.3, 0.4) is 0 Å². The number of amides is 1. The van der Waals surface area contributed by atoms with Crippen molar-refractivity contribution in [3.8, 4) is 0 Å². The number of carboxylic acid groups (broad SMARTS) is 1. The Bertz CT molecular complexity index is 850. The summed E-state index contributed by atoms with van der Waals surface area (Å²) < 4.78 is 1.78. The summed E-state index contributed by atoms with van der Waals surface area (Å²) in [6, 6.07) is -0.0505. The van der Waals surface area contributed by atoms with Crippen LogP contribution < -0.4 is 0 Å². The van der Waals surface area contributed by atoms with Gasteiger partial charge in [-0.2, -0.15) is 0 Å². The molecule has 8 heteroatoms. The number of carbonyl (C=O) groups is 2. The summed E-state index contributed by atoms with van der Waals surface area (Å²) in [5, 5.41) is 18.8. The number of aliphatic hydroxyl groups is 1. The Kier molecular flexibility index (Phi) is 2.70. The van der Waals surface area contributed by atoms with E-state index in [1.165, 1.54) is 16.2 Å². The van der Waals surface area contributed by atoms with Gasteiger partial charge in [0.2, 0.25) is 5.91 Å². The minimum Gasteiger partial charge on any atom is -0.477 e. The van der Waals surface area contributed by atoms with Crippen molar-refractivity contribution >= 4 is 33.6 Å². The van der Waals surface area contributed by atoms with Crippen LogP contribution in [0.2, 0.25) is 0 Å². The molecular weight excluding hydrogens is 306 g/mol. The van der Waals surface area contributed by atoms with E-state index >= 15 is 0 Å². The number of aliphatic hydroxyl groups excluding tert-OH is 1. The zero-order valence-electron chi connectivity index (χ0n) is 11.7. The van der Waals surface area contributed by atoms with E-state index in [-0.39, 0.29) is 30.2 Å². The van der Waals surface area contributed by atoms with Gasteiger partial charge >= 0.3 is 5.97 Å². The highest BCUT2D eigenvalue weighted by Crippen LogP contribution is 2.48. The Morgan fingerprint density at radius 3 is 2.95 bits per heavy atom. The standard InChI is InChI=1S/C14H13N3O4S/c1-6-8-2-10(19)17(8)12(14(20)21)11(6)9-3-16-5-15-7(4-18)13(16)22-9/h3,5-6,8,18H,2,4H2,1H3,(H,20,21)/t6?,8-/m0/s1. The maximum absolute atomic E-state index is 11.8. The number of β-lactam (4-membered cyclic amide) rings is 1. The molecule has 0 spiro atoms. The van der Waals surface area contributed by atoms with Crippen molar-refractivity contribution in [1.29, 1.82) is 0 Å². The molecule has 0 saturated carbocycles. The summed E-state index contributed by atoms with van der Waals surface area (Å²) in [5.74, 6) is -1.22. The first-order valence-electron chi connectivity index (χ1n) is 6.89. The first-order chi connectivity index (χ1) is 10.5. The number of hydrogen-bond acceptors (Lipinski definition) is 5. The van der Waals surface area contributed by atoms with Crippen LogP contribution in [-0.4, -0.2) is 42.4 Å². The molecule has 1 saturated heterocycles. The van der Waals surface area contributed by atoms with Gasteiger partial charge in [-0.25, -0.2) is 9.78 Å². The predicted molar refractivity (Wildman–Crippen MR) is 78.0 cm³/mol. The highest BCUT2D eigenvalue weighted by Gasteiger charge is 2.52. The number of rotatable bonds is 3. The molecule has 7 nitrogen and oxygen atoms in total. The Morgan fingerprint density at radius 2 is 2.32 bits per heavy atom. The van der Waals surface area contributed by atoms with Crippen LogP contribution in [0.15, 0.2) is 18.2 Å². The lowest BCUT2D eigenvalue weighted by molar-refractivity contribution is -0.148. The number of carboxylic acids is 1. The first-order valence-corrected chi connectivity index (χ1v) is 7.70. The molecule has 2 aromatic rings. The average molecular weight is 319 g/mol. The molecule has 2 aliphatic heterocycles. The zero-order valence-corrected chi connectivity index (χ0v) is 12.5. The van der Waals surface area contributed by atoms with E-state index in [1.54, 1.807) is 10.7 Å². The fraction of sp³-hybridized carbons (Fsp3) is 0.357. The van der Waals surface area contributed by atoms with E-state index in [9.17, 15) is 19.8 Å². The molecule has 114 valence electrons. The molecule has 2 atom stereocenters. The van der Waals surface area contributed by atoms with Crippen LogP contribution in [0.4, 0.5) is 0 Å². The topological polar surface area (TPSA) is 95.1 Å². The van der Waals surface area contributed by atoms with Crippen molar-refractivity contribution in [3.63, 3.8) is 0 Å². The number of fused-ring (bicyclic) bond motifs is 2. The van der Waals surface area contributed by atoms with Gasteiger partial charge in [-0.1, -0.05) is 6.92 Å². The largest absolute Gasteiger partial charge is 0.477 e. The SMILES string of the molecule is CC1C(c2cn3cnc(CO)c3s2)=C(C(=O)O)N2C(=O)C[C@@H]12. The van der Waals surface area contributed by atoms with Gasteiger partial charge in [0, 0.05) is 24.1 Å². The van der Waals surface area contributed by atoms with E-state index < -0.39 is 5.97 Å². The van der Waals surface area contributed by atoms with Gasteiger partial charge in [-0.15, -0.1) is 11.3 Å². The smallest absolute Gasteiger partial charge is 0.352 e. The Labute approximate surface area is 129 Å². The van der Waals surface area contributed by atoms with Gasteiger partial charge in [0.05, 0.1) is 17.5 Å². The van der Waals surface area contributed by atoms with Crippen LogP contribution in [0.5, 0.6) is 0 Å². The van der Waals surface area contributed by atoms with E-state index in [0.29, 0.717) is 17.7 Å². The highest BCUT2D eigenvalue weighted by atomic mass is 32.1. The minimum absolute atomic E-state index is 0.0160. The normalized spacial score (nSPS) is 24.1. The number of nitrogens with zero attached hydrogens (tertiary/aromatic N) is 3. The monoisotopic (exact) mass is 319 g/mol. The van der Waals surface area contributed by atoms with Crippen LogP contribution in [-0.2, 0) is 16.2 Å².